The van der Waals surface area contributed by atoms with Crippen molar-refractivity contribution in [3.8, 4) is 0 Å². The van der Waals surface area contributed by atoms with Crippen LogP contribution in [0.25, 0.3) is 0 Å². The van der Waals surface area contributed by atoms with E-state index in [0.29, 0.717) is 5.69 Å². The van der Waals surface area contributed by atoms with Crippen LogP contribution in [0, 0.1) is 5.92 Å². The molecule has 0 saturated carbocycles. The Kier molecular flexibility index (Phi) is 6.31. The van der Waals surface area contributed by atoms with E-state index in [0.717, 1.165) is 55.8 Å². The maximum Gasteiger partial charge on any atom is 0.149 e. The number of hydrogen-bond acceptors (Lipinski definition) is 5. The highest BCUT2D eigenvalue weighted by Gasteiger charge is 2.40. The fourth-order valence-electron chi connectivity index (χ4n) is 4.39. The second-order valence-electron chi connectivity index (χ2n) is 7.97. The summed E-state index contributed by atoms with van der Waals surface area (Å²) in [6.45, 7) is 2.64. The number of piperidine rings is 1. The third kappa shape index (κ3) is 4.32. The van der Waals surface area contributed by atoms with E-state index < -0.39 is 5.60 Å². The Hall–Kier alpha value is -2.89. The highest BCUT2D eigenvalue weighted by molar-refractivity contribution is 5.60. The molecule has 0 amide bonds. The number of nitrogens with one attached hydrogen (secondary N) is 2. The van der Waals surface area contributed by atoms with Crippen LogP contribution in [0.3, 0.4) is 0 Å². The van der Waals surface area contributed by atoms with Crippen molar-refractivity contribution in [2.45, 2.75) is 24.9 Å². The quantitative estimate of drug-likeness (QED) is 0.486. The van der Waals surface area contributed by atoms with Gasteiger partial charge >= 0.3 is 0 Å². The number of nitrogen functional groups attached to an aromatic ring is 1. The van der Waals surface area contributed by atoms with E-state index in [1.54, 1.807) is 6.20 Å². The number of anilines is 2. The predicted molar refractivity (Wildman–Crippen MR) is 122 cm³/mol. The van der Waals surface area contributed by atoms with E-state index in [1.807, 2.05) is 42.5 Å². The Morgan fingerprint density at radius 3 is 2.37 bits per heavy atom. The number of benzene rings is 2. The number of pyridine rings is 1. The third-order valence-corrected chi connectivity index (χ3v) is 6.08. The van der Waals surface area contributed by atoms with Crippen molar-refractivity contribution in [1.82, 2.24) is 10.3 Å². The second-order valence-corrected chi connectivity index (χ2v) is 7.97. The van der Waals surface area contributed by atoms with Gasteiger partial charge in [0, 0.05) is 12.7 Å². The Balaban J connectivity index is 1.50. The number of nitrogens with two attached hydrogens (primary N) is 1. The normalized spacial score (nSPS) is 16.7. The van der Waals surface area contributed by atoms with Crippen LogP contribution in [0.1, 0.15) is 29.5 Å². The number of aromatic nitrogens is 1. The van der Waals surface area contributed by atoms with Crippen molar-refractivity contribution in [1.29, 1.82) is 0 Å². The maximum absolute atomic E-state index is 12.0. The molecule has 5 nitrogen and oxygen atoms in total. The lowest BCUT2D eigenvalue weighted by Crippen LogP contribution is -2.42. The number of hydrogen-bond donors (Lipinski definition) is 4. The minimum atomic E-state index is -0.970. The summed E-state index contributed by atoms with van der Waals surface area (Å²) < 4.78 is 0. The molecule has 5 heteroatoms. The molecule has 0 radical (unpaired) electrons. The standard InChI is InChI=1S/C25H30N4O/c26-23-7-4-15-28-24(23)29-18-12-19-8-10-21(11-9-19)25(30,20-5-2-1-3-6-20)22-13-16-27-17-14-22/h1-11,15,22,27,30H,12-14,16-18,26H2,(H,28,29). The lowest BCUT2D eigenvalue weighted by atomic mass is 9.72. The fraction of sp³-hybridized carbons (Fsp3) is 0.320. The molecule has 1 aliphatic rings. The van der Waals surface area contributed by atoms with Crippen LogP contribution in [0.2, 0.25) is 0 Å². The summed E-state index contributed by atoms with van der Waals surface area (Å²) in [5.41, 5.74) is 8.77. The summed E-state index contributed by atoms with van der Waals surface area (Å²) in [6, 6.07) is 22.2. The molecular formula is C25H30N4O. The van der Waals surface area contributed by atoms with E-state index in [2.05, 4.69) is 39.9 Å². The summed E-state index contributed by atoms with van der Waals surface area (Å²) >= 11 is 0. The van der Waals surface area contributed by atoms with Gasteiger partial charge in [-0.15, -0.1) is 0 Å². The largest absolute Gasteiger partial charge is 0.396 e. The molecule has 1 fully saturated rings. The van der Waals surface area contributed by atoms with Gasteiger partial charge in [0.05, 0.1) is 5.69 Å². The SMILES string of the molecule is Nc1cccnc1NCCc1ccc(C(O)(c2ccccc2)C2CCNCC2)cc1. The molecule has 1 aromatic heterocycles. The van der Waals surface area contributed by atoms with Gasteiger partial charge in [0.25, 0.3) is 0 Å². The molecule has 1 saturated heterocycles. The molecular weight excluding hydrogens is 372 g/mol. The van der Waals surface area contributed by atoms with E-state index in [4.69, 9.17) is 5.73 Å². The molecule has 30 heavy (non-hydrogen) atoms. The van der Waals surface area contributed by atoms with Gasteiger partial charge in [-0.25, -0.2) is 4.98 Å². The van der Waals surface area contributed by atoms with Crippen LogP contribution < -0.4 is 16.4 Å². The summed E-state index contributed by atoms with van der Waals surface area (Å²) in [5.74, 6) is 0.916. The van der Waals surface area contributed by atoms with Crippen LogP contribution in [-0.4, -0.2) is 29.7 Å². The molecule has 1 unspecified atom stereocenters. The first-order valence-electron chi connectivity index (χ1n) is 10.7. The molecule has 2 aromatic carbocycles. The van der Waals surface area contributed by atoms with E-state index in [-0.39, 0.29) is 5.92 Å². The van der Waals surface area contributed by atoms with E-state index in [9.17, 15) is 5.11 Å². The van der Waals surface area contributed by atoms with Gasteiger partial charge in [0.1, 0.15) is 11.4 Å². The average molecular weight is 403 g/mol. The molecule has 0 bridgehead atoms. The first-order valence-corrected chi connectivity index (χ1v) is 10.7. The summed E-state index contributed by atoms with van der Waals surface area (Å²) in [6.07, 6.45) is 4.51. The van der Waals surface area contributed by atoms with Gasteiger partial charge in [0.2, 0.25) is 0 Å². The van der Waals surface area contributed by atoms with Crippen LogP contribution in [0.5, 0.6) is 0 Å². The van der Waals surface area contributed by atoms with Crippen LogP contribution in [-0.2, 0) is 12.0 Å². The Morgan fingerprint density at radius 2 is 1.67 bits per heavy atom. The molecule has 0 spiro atoms. The molecule has 5 N–H and O–H groups in total. The molecule has 4 rings (SSSR count). The molecule has 156 valence electrons. The molecule has 1 atom stereocenters. The first kappa shape index (κ1) is 20.4. The van der Waals surface area contributed by atoms with Gasteiger partial charge in [0.15, 0.2) is 0 Å². The maximum atomic E-state index is 12.0. The van der Waals surface area contributed by atoms with Gasteiger partial charge in [-0.05, 0) is 67.1 Å². The van der Waals surface area contributed by atoms with Crippen molar-refractivity contribution in [3.63, 3.8) is 0 Å². The average Bonchev–Trinajstić information content (AvgIpc) is 2.81. The molecule has 2 heterocycles. The minimum absolute atomic E-state index is 0.195. The number of nitrogens with zero attached hydrogens (tertiary/aromatic N) is 1. The zero-order valence-electron chi connectivity index (χ0n) is 17.2. The Bertz CT molecular complexity index is 939. The van der Waals surface area contributed by atoms with Gasteiger partial charge in [-0.2, -0.15) is 0 Å². The van der Waals surface area contributed by atoms with E-state index >= 15 is 0 Å². The topological polar surface area (TPSA) is 83.2 Å². The lowest BCUT2D eigenvalue weighted by Gasteiger charge is -2.39. The summed E-state index contributed by atoms with van der Waals surface area (Å²) in [4.78, 5) is 4.27. The van der Waals surface area contributed by atoms with E-state index in [1.165, 1.54) is 5.56 Å². The highest BCUT2D eigenvalue weighted by Crippen LogP contribution is 2.41. The predicted octanol–water partition coefficient (Wildman–Crippen LogP) is 3.55. The Labute approximate surface area is 178 Å². The zero-order valence-corrected chi connectivity index (χ0v) is 17.2. The van der Waals surface area contributed by atoms with Crippen LogP contribution >= 0.6 is 0 Å². The highest BCUT2D eigenvalue weighted by atomic mass is 16.3. The van der Waals surface area contributed by atoms with Crippen LogP contribution in [0.15, 0.2) is 72.9 Å². The molecule has 1 aliphatic heterocycles. The molecule has 0 aliphatic carbocycles. The fourth-order valence-corrected chi connectivity index (χ4v) is 4.39. The van der Waals surface area contributed by atoms with Crippen molar-refractivity contribution < 1.29 is 5.11 Å². The number of aliphatic hydroxyl groups is 1. The van der Waals surface area contributed by atoms with Gasteiger partial charge in [-0.1, -0.05) is 54.6 Å². The van der Waals surface area contributed by atoms with Gasteiger partial charge in [-0.3, -0.25) is 0 Å². The van der Waals surface area contributed by atoms with Crippen molar-refractivity contribution in [2.75, 3.05) is 30.7 Å². The smallest absolute Gasteiger partial charge is 0.149 e. The first-order chi connectivity index (χ1) is 14.7. The third-order valence-electron chi connectivity index (χ3n) is 6.08. The monoisotopic (exact) mass is 402 g/mol. The number of rotatable bonds is 7. The van der Waals surface area contributed by atoms with Crippen LogP contribution in [0.4, 0.5) is 11.5 Å². The zero-order chi connectivity index (χ0) is 20.8. The van der Waals surface area contributed by atoms with Crippen molar-refractivity contribution in [2.24, 2.45) is 5.92 Å². The minimum Gasteiger partial charge on any atom is -0.396 e. The van der Waals surface area contributed by atoms with Crippen molar-refractivity contribution >= 4 is 11.5 Å². The molecule has 3 aromatic rings. The summed E-state index contributed by atoms with van der Waals surface area (Å²) in [5, 5.41) is 18.7. The van der Waals surface area contributed by atoms with Crippen molar-refractivity contribution in [3.05, 3.63) is 89.6 Å². The summed E-state index contributed by atoms with van der Waals surface area (Å²) in [7, 11) is 0. The Morgan fingerprint density at radius 1 is 0.967 bits per heavy atom. The second kappa shape index (κ2) is 9.28. The van der Waals surface area contributed by atoms with Gasteiger partial charge < -0.3 is 21.5 Å². The lowest BCUT2D eigenvalue weighted by molar-refractivity contribution is 0.00235.